The molecule has 0 saturated carbocycles. The van der Waals surface area contributed by atoms with Crippen molar-refractivity contribution in [3.63, 3.8) is 0 Å². The van der Waals surface area contributed by atoms with Crippen molar-refractivity contribution >= 4 is 28.8 Å². The average Bonchev–Trinajstić information content (AvgIpc) is 3.32. The minimum Gasteiger partial charge on any atom is -0.475 e. The Hall–Kier alpha value is -3.19. The van der Waals surface area contributed by atoms with Crippen LogP contribution in [-0.2, 0) is 20.9 Å². The van der Waals surface area contributed by atoms with Gasteiger partial charge in [0, 0.05) is 45.3 Å². The molecule has 1 aromatic carbocycles. The summed E-state index contributed by atoms with van der Waals surface area (Å²) in [6.07, 6.45) is -2.36. The summed E-state index contributed by atoms with van der Waals surface area (Å²) in [7, 11) is 0. The molecule has 2 aromatic rings. The third kappa shape index (κ3) is 8.65. The summed E-state index contributed by atoms with van der Waals surface area (Å²) in [5.74, 6) is -1.92. The van der Waals surface area contributed by atoms with E-state index in [1.54, 1.807) is 0 Å². The molecule has 2 fully saturated rings. The molecule has 3 heterocycles. The number of aliphatic carboxylic acids is 1. The number of halogens is 3. The van der Waals surface area contributed by atoms with Crippen LogP contribution in [0.3, 0.4) is 0 Å². The van der Waals surface area contributed by atoms with Gasteiger partial charge in [-0.15, -0.1) is 0 Å². The van der Waals surface area contributed by atoms with E-state index in [2.05, 4.69) is 30.7 Å². The molecule has 0 spiro atoms. The molecule has 2 aliphatic heterocycles. The lowest BCUT2D eigenvalue weighted by molar-refractivity contribution is -0.192. The fourth-order valence-electron chi connectivity index (χ4n) is 5.09. The van der Waals surface area contributed by atoms with E-state index in [0.717, 1.165) is 30.4 Å². The SMILES string of the molecule is CCCCn1c(C(=O)N(CC(C)C)[C@@H]2CNC[C@H](C(=O)N3CCOCC3)C2)nc2ccccc21.O=C(O)C(F)(F)F. The average molecular weight is 584 g/mol. The molecule has 10 nitrogen and oxygen atoms in total. The molecule has 2 N–H and O–H groups in total. The first-order valence-electron chi connectivity index (χ1n) is 14.1. The molecular weight excluding hydrogens is 543 g/mol. The molecule has 228 valence electrons. The monoisotopic (exact) mass is 583 g/mol. The highest BCUT2D eigenvalue weighted by Gasteiger charge is 2.38. The summed E-state index contributed by atoms with van der Waals surface area (Å²) in [5, 5.41) is 10.6. The van der Waals surface area contributed by atoms with Crippen molar-refractivity contribution in [2.45, 2.75) is 58.8 Å². The van der Waals surface area contributed by atoms with Crippen LogP contribution < -0.4 is 5.32 Å². The molecule has 0 aliphatic carbocycles. The highest BCUT2D eigenvalue weighted by Crippen LogP contribution is 2.24. The van der Waals surface area contributed by atoms with Gasteiger partial charge in [-0.1, -0.05) is 39.3 Å². The molecule has 2 aliphatic rings. The number of imidazole rings is 1. The molecular formula is C28H40F3N5O5. The molecule has 13 heteroatoms. The number of carboxylic acid groups (broad SMARTS) is 1. The second-order valence-corrected chi connectivity index (χ2v) is 10.8. The van der Waals surface area contributed by atoms with E-state index in [4.69, 9.17) is 19.6 Å². The van der Waals surface area contributed by atoms with Crippen LogP contribution in [0.15, 0.2) is 24.3 Å². The predicted octanol–water partition coefficient (Wildman–Crippen LogP) is 3.40. The number of nitrogens with one attached hydrogen (secondary N) is 1. The number of alkyl halides is 3. The number of para-hydroxylation sites is 2. The summed E-state index contributed by atoms with van der Waals surface area (Å²) in [6.45, 7) is 11.7. The van der Waals surface area contributed by atoms with Crippen molar-refractivity contribution in [2.24, 2.45) is 11.8 Å². The Kier molecular flexibility index (Phi) is 11.5. The standard InChI is InChI=1S/C26H39N5O3.C2HF3O2/c1-4-5-10-30-23-9-7-6-8-22(23)28-24(30)26(33)31(18-19(2)3)21-15-20(16-27-17-21)25(32)29-11-13-34-14-12-29;3-2(4,5)1(6)7/h6-9,19-21,27H,4-5,10-18H2,1-3H3;(H,6,7)/t20-,21+;/m1./s1. The second-order valence-electron chi connectivity index (χ2n) is 10.8. The zero-order valence-electron chi connectivity index (χ0n) is 23.8. The number of carbonyl (C=O) groups excluding carboxylic acids is 2. The molecule has 2 saturated heterocycles. The number of hydrogen-bond donors (Lipinski definition) is 2. The number of benzene rings is 1. The van der Waals surface area contributed by atoms with Gasteiger partial charge in [0.1, 0.15) is 0 Å². The van der Waals surface area contributed by atoms with Crippen LogP contribution in [0.4, 0.5) is 13.2 Å². The zero-order valence-corrected chi connectivity index (χ0v) is 23.8. The van der Waals surface area contributed by atoms with Gasteiger partial charge in [-0.05, 0) is 30.9 Å². The third-order valence-electron chi connectivity index (χ3n) is 7.09. The van der Waals surface area contributed by atoms with Gasteiger partial charge >= 0.3 is 12.1 Å². The smallest absolute Gasteiger partial charge is 0.475 e. The summed E-state index contributed by atoms with van der Waals surface area (Å²) < 4.78 is 39.2. The number of nitrogens with zero attached hydrogens (tertiary/aromatic N) is 4. The number of aryl methyl sites for hydroxylation is 1. The van der Waals surface area contributed by atoms with E-state index in [1.807, 2.05) is 34.1 Å². The summed E-state index contributed by atoms with van der Waals surface area (Å²) in [5.41, 5.74) is 1.86. The van der Waals surface area contributed by atoms with Crippen LogP contribution in [0, 0.1) is 11.8 Å². The van der Waals surface area contributed by atoms with Gasteiger partial charge in [0.15, 0.2) is 5.82 Å². The van der Waals surface area contributed by atoms with Crippen molar-refractivity contribution in [3.05, 3.63) is 30.1 Å². The molecule has 2 atom stereocenters. The fraction of sp³-hybridized carbons (Fsp3) is 0.643. The maximum Gasteiger partial charge on any atom is 0.490 e. The molecule has 0 unspecified atom stereocenters. The summed E-state index contributed by atoms with van der Waals surface area (Å²) >= 11 is 0. The van der Waals surface area contributed by atoms with Crippen LogP contribution in [-0.4, -0.2) is 100 Å². The number of carboxylic acids is 1. The molecule has 0 bridgehead atoms. The minimum absolute atomic E-state index is 0.0349. The predicted molar refractivity (Wildman–Crippen MR) is 146 cm³/mol. The van der Waals surface area contributed by atoms with E-state index in [9.17, 15) is 22.8 Å². The fourth-order valence-corrected chi connectivity index (χ4v) is 5.09. The Morgan fingerprint density at radius 3 is 2.44 bits per heavy atom. The molecule has 41 heavy (non-hydrogen) atoms. The van der Waals surface area contributed by atoms with E-state index < -0.39 is 12.1 Å². The molecule has 1 aromatic heterocycles. The zero-order chi connectivity index (χ0) is 30.2. The van der Waals surface area contributed by atoms with E-state index in [0.29, 0.717) is 64.1 Å². The number of rotatable bonds is 8. The van der Waals surface area contributed by atoms with Crippen molar-refractivity contribution in [3.8, 4) is 0 Å². The minimum atomic E-state index is -5.08. The van der Waals surface area contributed by atoms with Gasteiger partial charge < -0.3 is 29.5 Å². The lowest BCUT2D eigenvalue weighted by Crippen LogP contribution is -2.56. The Morgan fingerprint density at radius 1 is 1.17 bits per heavy atom. The van der Waals surface area contributed by atoms with Gasteiger partial charge in [0.2, 0.25) is 5.91 Å². The van der Waals surface area contributed by atoms with Crippen LogP contribution in [0.5, 0.6) is 0 Å². The Balaban J connectivity index is 0.000000587. The largest absolute Gasteiger partial charge is 0.490 e. The second kappa shape index (κ2) is 14.6. The molecule has 2 amide bonds. The Labute approximate surface area is 237 Å². The number of piperidine rings is 1. The number of aromatic nitrogens is 2. The number of ether oxygens (including phenoxy) is 1. The number of morpholine rings is 1. The molecule has 0 radical (unpaired) electrons. The number of unbranched alkanes of at least 4 members (excludes halogenated alkanes) is 1. The first-order chi connectivity index (χ1) is 19.4. The molecule has 4 rings (SSSR count). The number of amides is 2. The Morgan fingerprint density at radius 2 is 1.83 bits per heavy atom. The first-order valence-corrected chi connectivity index (χ1v) is 14.1. The highest BCUT2D eigenvalue weighted by atomic mass is 19.4. The van der Waals surface area contributed by atoms with Gasteiger partial charge in [-0.25, -0.2) is 9.78 Å². The van der Waals surface area contributed by atoms with Gasteiger partial charge in [0.05, 0.1) is 30.2 Å². The van der Waals surface area contributed by atoms with E-state index >= 15 is 0 Å². The van der Waals surface area contributed by atoms with Gasteiger partial charge in [-0.2, -0.15) is 13.2 Å². The topological polar surface area (TPSA) is 117 Å². The highest BCUT2D eigenvalue weighted by molar-refractivity contribution is 5.95. The number of hydrogen-bond acceptors (Lipinski definition) is 6. The van der Waals surface area contributed by atoms with Gasteiger partial charge in [-0.3, -0.25) is 9.59 Å². The van der Waals surface area contributed by atoms with Crippen LogP contribution >= 0.6 is 0 Å². The maximum atomic E-state index is 14.0. The summed E-state index contributed by atoms with van der Waals surface area (Å²) in [6, 6.07) is 7.94. The Bertz CT molecular complexity index is 1180. The number of fused-ring (bicyclic) bond motifs is 1. The quantitative estimate of drug-likeness (QED) is 0.489. The normalized spacial score (nSPS) is 19.5. The first kappa shape index (κ1) is 32.3. The van der Waals surface area contributed by atoms with Crippen molar-refractivity contribution in [1.29, 1.82) is 0 Å². The summed E-state index contributed by atoms with van der Waals surface area (Å²) in [4.78, 5) is 44.8. The van der Waals surface area contributed by atoms with Crippen molar-refractivity contribution in [1.82, 2.24) is 24.7 Å². The lowest BCUT2D eigenvalue weighted by atomic mass is 9.92. The van der Waals surface area contributed by atoms with Gasteiger partial charge in [0.25, 0.3) is 5.91 Å². The van der Waals surface area contributed by atoms with Crippen LogP contribution in [0.1, 0.15) is 50.7 Å². The third-order valence-corrected chi connectivity index (χ3v) is 7.09. The van der Waals surface area contributed by atoms with E-state index in [1.165, 1.54) is 0 Å². The number of carbonyl (C=O) groups is 3. The van der Waals surface area contributed by atoms with Crippen molar-refractivity contribution in [2.75, 3.05) is 45.9 Å². The lowest BCUT2D eigenvalue weighted by Gasteiger charge is -2.40. The van der Waals surface area contributed by atoms with Crippen molar-refractivity contribution < 1.29 is 37.4 Å². The van der Waals surface area contributed by atoms with Crippen LogP contribution in [0.25, 0.3) is 11.0 Å². The maximum absolute atomic E-state index is 14.0. The van der Waals surface area contributed by atoms with Crippen LogP contribution in [0.2, 0.25) is 0 Å². The van der Waals surface area contributed by atoms with E-state index in [-0.39, 0.29) is 23.8 Å².